The van der Waals surface area contributed by atoms with Crippen LogP contribution < -0.4 is 5.69 Å². The normalized spacial score (nSPS) is 21.1. The van der Waals surface area contributed by atoms with Crippen molar-refractivity contribution in [3.63, 3.8) is 0 Å². The second kappa shape index (κ2) is 10.6. The minimum atomic E-state index is -3.87. The van der Waals surface area contributed by atoms with Crippen molar-refractivity contribution in [1.82, 2.24) is 18.3 Å². The molecule has 0 bridgehead atoms. The summed E-state index contributed by atoms with van der Waals surface area (Å²) in [6.45, 7) is 4.05. The van der Waals surface area contributed by atoms with E-state index in [0.717, 1.165) is 28.2 Å². The van der Waals surface area contributed by atoms with Crippen LogP contribution >= 0.6 is 11.6 Å². The molecule has 0 N–H and O–H groups in total. The molecule has 0 aliphatic carbocycles. The Hall–Kier alpha value is -3.13. The molecule has 38 heavy (non-hydrogen) atoms. The van der Waals surface area contributed by atoms with Crippen molar-refractivity contribution in [2.24, 2.45) is 0 Å². The molecule has 5 rings (SSSR count). The lowest BCUT2D eigenvalue weighted by molar-refractivity contribution is 0.0866. The molecular formula is C27H30ClN5O4S. The number of rotatable bonds is 8. The number of likely N-dealkylation sites (tertiary alicyclic amines) is 1. The minimum absolute atomic E-state index is 0.00551. The zero-order valence-corrected chi connectivity index (χ0v) is 22.8. The Kier molecular flexibility index (Phi) is 7.36. The Labute approximate surface area is 226 Å². The molecule has 3 heterocycles. The van der Waals surface area contributed by atoms with Crippen LogP contribution in [-0.2, 0) is 16.6 Å². The largest absolute Gasteiger partial charge is 0.329 e. The Bertz CT molecular complexity index is 1590. The Morgan fingerprint density at radius 1 is 1.05 bits per heavy atom. The molecule has 1 fully saturated rings. The number of unbranched alkanes of at least 4 members (excludes halogenated alkanes) is 1. The monoisotopic (exact) mass is 555 g/mol. The number of para-hydroxylation sites is 2. The molecule has 1 amide bonds. The van der Waals surface area contributed by atoms with Gasteiger partial charge in [-0.25, -0.2) is 17.5 Å². The molecule has 0 spiro atoms. The highest BCUT2D eigenvalue weighted by Gasteiger charge is 2.41. The number of halogens is 1. The molecule has 2 aromatic carbocycles. The number of sulfonamides is 1. The summed E-state index contributed by atoms with van der Waals surface area (Å²) in [5.41, 5.74) is 1.91. The lowest BCUT2D eigenvalue weighted by Gasteiger charge is -2.36. The molecule has 0 saturated carbocycles. The molecule has 0 radical (unpaired) electrons. The van der Waals surface area contributed by atoms with Crippen molar-refractivity contribution < 1.29 is 13.2 Å². The zero-order valence-electron chi connectivity index (χ0n) is 21.2. The number of carbonyl (C=O) groups excluding carboxylic acids is 1. The number of hydrogen-bond donors (Lipinski definition) is 0. The maximum Gasteiger partial charge on any atom is 0.329 e. The second-order valence-electron chi connectivity index (χ2n) is 9.88. The number of fused-ring (bicyclic) bond motifs is 2. The van der Waals surface area contributed by atoms with Gasteiger partial charge in [0.05, 0.1) is 28.7 Å². The maximum absolute atomic E-state index is 13.3. The van der Waals surface area contributed by atoms with Gasteiger partial charge >= 0.3 is 5.69 Å². The van der Waals surface area contributed by atoms with E-state index in [1.807, 2.05) is 40.3 Å². The number of carbonyl (C=O) groups is 1. The van der Waals surface area contributed by atoms with Gasteiger partial charge in [-0.1, -0.05) is 30.7 Å². The summed E-state index contributed by atoms with van der Waals surface area (Å²) >= 11 is 5.95. The van der Waals surface area contributed by atoms with Crippen LogP contribution in [0, 0.1) is 11.3 Å². The van der Waals surface area contributed by atoms with Crippen molar-refractivity contribution in [2.75, 3.05) is 19.6 Å². The summed E-state index contributed by atoms with van der Waals surface area (Å²) in [5, 5.41) is 10.2. The van der Waals surface area contributed by atoms with Gasteiger partial charge in [-0.3, -0.25) is 18.8 Å². The summed E-state index contributed by atoms with van der Waals surface area (Å²) in [7, 11) is -3.87. The van der Waals surface area contributed by atoms with Gasteiger partial charge in [-0.15, -0.1) is 0 Å². The topological polar surface area (TPSA) is 108 Å². The molecule has 2 aliphatic rings. The maximum atomic E-state index is 13.3. The Morgan fingerprint density at radius 3 is 2.53 bits per heavy atom. The lowest BCUT2D eigenvalue weighted by atomic mass is 9.97. The van der Waals surface area contributed by atoms with Crippen LogP contribution in [0.15, 0.2) is 52.2 Å². The van der Waals surface area contributed by atoms with E-state index >= 15 is 0 Å². The predicted octanol–water partition coefficient (Wildman–Crippen LogP) is 4.02. The number of imidazole rings is 1. The van der Waals surface area contributed by atoms with Gasteiger partial charge in [0.1, 0.15) is 4.90 Å². The molecule has 1 aromatic heterocycles. The smallest absolute Gasteiger partial charge is 0.292 e. The van der Waals surface area contributed by atoms with Crippen LogP contribution in [0.4, 0.5) is 0 Å². The molecule has 3 aromatic rings. The summed E-state index contributed by atoms with van der Waals surface area (Å²) in [6.07, 6.45) is 3.26. The van der Waals surface area contributed by atoms with E-state index in [0.29, 0.717) is 43.9 Å². The van der Waals surface area contributed by atoms with Crippen molar-refractivity contribution in [2.45, 2.75) is 62.6 Å². The van der Waals surface area contributed by atoms with E-state index in [1.165, 1.54) is 18.2 Å². The van der Waals surface area contributed by atoms with Crippen LogP contribution in [0.2, 0.25) is 5.02 Å². The average Bonchev–Trinajstić information content (AvgIpc) is 3.28. The van der Waals surface area contributed by atoms with Crippen LogP contribution in [0.25, 0.3) is 11.0 Å². The Morgan fingerprint density at radius 2 is 1.79 bits per heavy atom. The quantitative estimate of drug-likeness (QED) is 0.388. The van der Waals surface area contributed by atoms with Gasteiger partial charge in [0.2, 0.25) is 0 Å². The van der Waals surface area contributed by atoms with E-state index < -0.39 is 15.9 Å². The molecule has 1 saturated heterocycles. The van der Waals surface area contributed by atoms with Crippen LogP contribution in [-0.4, -0.2) is 58.3 Å². The molecule has 2 aliphatic heterocycles. The summed E-state index contributed by atoms with van der Waals surface area (Å²) in [4.78, 5) is 28.1. The molecule has 200 valence electrons. The van der Waals surface area contributed by atoms with Crippen LogP contribution in [0.5, 0.6) is 0 Å². The molecule has 2 atom stereocenters. The first-order chi connectivity index (χ1) is 18.3. The fraction of sp³-hybridized carbons (Fsp3) is 0.444. The number of aromatic nitrogens is 2. The highest BCUT2D eigenvalue weighted by Crippen LogP contribution is 2.33. The first kappa shape index (κ1) is 26.5. The number of nitrogens with zero attached hydrogens (tertiary/aromatic N) is 5. The van der Waals surface area contributed by atoms with Crippen LogP contribution in [0.3, 0.4) is 0 Å². The first-order valence-electron chi connectivity index (χ1n) is 13.0. The number of hydrogen-bond acceptors (Lipinski definition) is 6. The summed E-state index contributed by atoms with van der Waals surface area (Å²) in [6, 6.07) is 14.0. The van der Waals surface area contributed by atoms with E-state index in [2.05, 4.69) is 11.0 Å². The molecule has 0 unspecified atom stereocenters. The number of nitriles is 1. The van der Waals surface area contributed by atoms with Gasteiger partial charge in [0.15, 0.2) is 0 Å². The Balaban J connectivity index is 1.22. The molecule has 9 nitrogen and oxygen atoms in total. The van der Waals surface area contributed by atoms with Crippen molar-refractivity contribution >= 4 is 38.6 Å². The standard InChI is InChI=1S/C27H30ClN5O4S/c1-2-12-31-23-7-3-4-8-24(23)33(27(31)35)20-11-15-30(21(17-20)18-29)13-5-6-14-32-26(34)22-16-19(28)9-10-25(22)38(32,36)37/h3-4,7-10,16,20-21H,2,5-6,11-15,17H2,1H3/t20-,21-/m1/s1. The number of benzene rings is 2. The van der Waals surface area contributed by atoms with Gasteiger partial charge < -0.3 is 0 Å². The van der Waals surface area contributed by atoms with Crippen molar-refractivity contribution in [3.8, 4) is 6.07 Å². The highest BCUT2D eigenvalue weighted by atomic mass is 35.5. The average molecular weight is 556 g/mol. The second-order valence-corrected chi connectivity index (χ2v) is 12.1. The molecule has 11 heteroatoms. The fourth-order valence-electron chi connectivity index (χ4n) is 5.71. The van der Waals surface area contributed by atoms with Gasteiger partial charge in [0, 0.05) is 30.7 Å². The number of aryl methyl sites for hydroxylation is 1. The summed E-state index contributed by atoms with van der Waals surface area (Å²) in [5.74, 6) is -0.550. The molecular weight excluding hydrogens is 526 g/mol. The van der Waals surface area contributed by atoms with Crippen molar-refractivity contribution in [1.29, 1.82) is 5.26 Å². The SMILES string of the molecule is CCCn1c(=O)n([C@@H]2CCN(CCCCN3C(=O)c4cc(Cl)ccc4S3(=O)=O)[C@@H](C#N)C2)c2ccccc21. The van der Waals surface area contributed by atoms with Gasteiger partial charge in [-0.05, 0) is 69.0 Å². The van der Waals surface area contributed by atoms with E-state index in [1.54, 1.807) is 0 Å². The van der Waals surface area contributed by atoms with Gasteiger partial charge in [-0.2, -0.15) is 5.26 Å². The summed E-state index contributed by atoms with van der Waals surface area (Å²) < 4.78 is 30.2. The van der Waals surface area contributed by atoms with Gasteiger partial charge in [0.25, 0.3) is 15.9 Å². The third-order valence-electron chi connectivity index (χ3n) is 7.54. The van der Waals surface area contributed by atoms with Crippen molar-refractivity contribution in [3.05, 3.63) is 63.5 Å². The fourth-order valence-corrected chi connectivity index (χ4v) is 7.46. The lowest BCUT2D eigenvalue weighted by Crippen LogP contribution is -2.44. The highest BCUT2D eigenvalue weighted by molar-refractivity contribution is 7.90. The first-order valence-corrected chi connectivity index (χ1v) is 14.8. The third kappa shape index (κ3) is 4.53. The minimum Gasteiger partial charge on any atom is -0.292 e. The predicted molar refractivity (Wildman–Crippen MR) is 145 cm³/mol. The van der Waals surface area contributed by atoms with E-state index in [9.17, 15) is 23.3 Å². The number of amides is 1. The third-order valence-corrected chi connectivity index (χ3v) is 9.61. The van der Waals surface area contributed by atoms with E-state index in [4.69, 9.17) is 11.6 Å². The van der Waals surface area contributed by atoms with Crippen LogP contribution in [0.1, 0.15) is 55.4 Å². The zero-order chi connectivity index (χ0) is 27.0. The van der Waals surface area contributed by atoms with E-state index in [-0.39, 0.29) is 34.8 Å². The number of piperidine rings is 1.